The number of halogens is 3. The summed E-state index contributed by atoms with van der Waals surface area (Å²) in [6, 6.07) is 9.28. The second-order valence-electron chi connectivity index (χ2n) is 9.06. The van der Waals surface area contributed by atoms with Crippen LogP contribution in [0.15, 0.2) is 30.3 Å². The first kappa shape index (κ1) is 31.3. The van der Waals surface area contributed by atoms with Gasteiger partial charge in [-0.3, -0.25) is 14.4 Å². The molecule has 0 N–H and O–H groups in total. The molecule has 0 fully saturated rings. The van der Waals surface area contributed by atoms with Gasteiger partial charge in [0.05, 0.1) is 12.5 Å². The van der Waals surface area contributed by atoms with Crippen molar-refractivity contribution in [3.05, 3.63) is 35.9 Å². The van der Waals surface area contributed by atoms with E-state index < -0.39 is 67.2 Å². The molecule has 0 aromatic heterocycles. The van der Waals surface area contributed by atoms with E-state index in [1.165, 1.54) is 6.92 Å². The Bertz CT molecular complexity index is 908. The third kappa shape index (κ3) is 10.5. The number of rotatable bonds is 13. The standard InChI is InChI=1S/C24H31BrF2O9/c1-16(28)33-12-23(4,20(30)32-5)13-35-21(31)36-15-24(26,27)14-34-19(29)22(2,3)11-18(25)17-9-7-6-8-10-17/h6-10,18H,11-15H2,1-5H3/t18-,23+/m0/s1. The summed E-state index contributed by atoms with van der Waals surface area (Å²) in [6.07, 6.45) is -1.21. The Balaban J connectivity index is 2.56. The van der Waals surface area contributed by atoms with Crippen molar-refractivity contribution in [1.29, 1.82) is 0 Å². The van der Waals surface area contributed by atoms with Crippen molar-refractivity contribution >= 4 is 40.0 Å². The molecular formula is C24H31BrF2O9. The first-order valence-corrected chi connectivity index (χ1v) is 11.8. The van der Waals surface area contributed by atoms with Gasteiger partial charge >= 0.3 is 30.0 Å². The molecule has 36 heavy (non-hydrogen) atoms. The van der Waals surface area contributed by atoms with E-state index in [0.29, 0.717) is 0 Å². The summed E-state index contributed by atoms with van der Waals surface area (Å²) >= 11 is 3.50. The Kier molecular flexibility index (Phi) is 11.7. The van der Waals surface area contributed by atoms with Gasteiger partial charge in [-0.05, 0) is 32.8 Å². The third-order valence-electron chi connectivity index (χ3n) is 5.00. The summed E-state index contributed by atoms with van der Waals surface area (Å²) < 4.78 is 51.6. The summed E-state index contributed by atoms with van der Waals surface area (Å²) in [6.45, 7) is 1.69. The van der Waals surface area contributed by atoms with Crippen LogP contribution < -0.4 is 0 Å². The van der Waals surface area contributed by atoms with E-state index >= 15 is 0 Å². The summed E-state index contributed by atoms with van der Waals surface area (Å²) in [5, 5.41) is 0. The Morgan fingerprint density at radius 2 is 1.39 bits per heavy atom. The highest BCUT2D eigenvalue weighted by Gasteiger charge is 2.40. The zero-order valence-electron chi connectivity index (χ0n) is 20.8. The van der Waals surface area contributed by atoms with Crippen molar-refractivity contribution < 1.29 is 51.6 Å². The van der Waals surface area contributed by atoms with Gasteiger partial charge in [0, 0.05) is 11.8 Å². The maximum atomic E-state index is 14.2. The number of ether oxygens (including phenoxy) is 5. The number of methoxy groups -OCH3 is 1. The van der Waals surface area contributed by atoms with Gasteiger partial charge in [-0.25, -0.2) is 4.79 Å². The Labute approximate surface area is 216 Å². The molecule has 0 bridgehead atoms. The molecule has 1 aromatic rings. The van der Waals surface area contributed by atoms with Gasteiger partial charge in [0.1, 0.15) is 18.6 Å². The van der Waals surface area contributed by atoms with Crippen molar-refractivity contribution in [2.24, 2.45) is 10.8 Å². The van der Waals surface area contributed by atoms with Crippen LogP contribution in [0.5, 0.6) is 0 Å². The molecule has 1 aromatic carbocycles. The summed E-state index contributed by atoms with van der Waals surface area (Å²) in [5.74, 6) is -6.07. The van der Waals surface area contributed by atoms with E-state index in [9.17, 15) is 28.0 Å². The monoisotopic (exact) mass is 580 g/mol. The lowest BCUT2D eigenvalue weighted by molar-refractivity contribution is -0.170. The molecule has 0 amide bonds. The molecule has 0 heterocycles. The zero-order valence-corrected chi connectivity index (χ0v) is 22.4. The van der Waals surface area contributed by atoms with E-state index in [1.54, 1.807) is 13.8 Å². The molecule has 2 atom stereocenters. The van der Waals surface area contributed by atoms with E-state index in [1.807, 2.05) is 30.3 Å². The highest BCUT2D eigenvalue weighted by molar-refractivity contribution is 9.09. The molecule has 9 nitrogen and oxygen atoms in total. The van der Waals surface area contributed by atoms with Gasteiger partial charge in [0.15, 0.2) is 13.2 Å². The van der Waals surface area contributed by atoms with Crippen molar-refractivity contribution in [3.8, 4) is 0 Å². The number of hydrogen-bond acceptors (Lipinski definition) is 9. The van der Waals surface area contributed by atoms with Crippen LogP contribution in [0, 0.1) is 10.8 Å². The van der Waals surface area contributed by atoms with Crippen molar-refractivity contribution in [2.45, 2.75) is 44.9 Å². The quantitative estimate of drug-likeness (QED) is 0.187. The Hall–Kier alpha value is -2.76. The number of hydrogen-bond donors (Lipinski definition) is 0. The minimum atomic E-state index is -3.69. The average Bonchev–Trinajstić information content (AvgIpc) is 2.83. The molecule has 0 saturated heterocycles. The molecule has 1 rings (SSSR count). The second-order valence-corrected chi connectivity index (χ2v) is 10.2. The first-order chi connectivity index (χ1) is 16.6. The number of esters is 3. The molecule has 0 aliphatic carbocycles. The largest absolute Gasteiger partial charge is 0.508 e. The lowest BCUT2D eigenvalue weighted by atomic mass is 9.86. The second kappa shape index (κ2) is 13.5. The van der Waals surface area contributed by atoms with E-state index in [-0.39, 0.29) is 11.2 Å². The molecule has 202 valence electrons. The number of carbonyl (C=O) groups excluding carboxylic acids is 4. The molecule has 0 aliphatic rings. The van der Waals surface area contributed by atoms with Gasteiger partial charge in [-0.1, -0.05) is 46.3 Å². The van der Waals surface area contributed by atoms with Gasteiger partial charge in [-0.15, -0.1) is 0 Å². The van der Waals surface area contributed by atoms with E-state index in [4.69, 9.17) is 14.2 Å². The van der Waals surface area contributed by atoms with Gasteiger partial charge < -0.3 is 23.7 Å². The van der Waals surface area contributed by atoms with Crippen LogP contribution in [0.4, 0.5) is 13.6 Å². The predicted octanol–water partition coefficient (Wildman–Crippen LogP) is 4.61. The smallest absolute Gasteiger partial charge is 0.468 e. The normalized spacial score (nSPS) is 14.1. The van der Waals surface area contributed by atoms with Gasteiger partial charge in [0.25, 0.3) is 0 Å². The Morgan fingerprint density at radius 3 is 1.94 bits per heavy atom. The van der Waals surface area contributed by atoms with Gasteiger partial charge in [0.2, 0.25) is 0 Å². The van der Waals surface area contributed by atoms with E-state index in [0.717, 1.165) is 19.6 Å². The van der Waals surface area contributed by atoms with Crippen LogP contribution in [0.1, 0.15) is 44.5 Å². The van der Waals surface area contributed by atoms with Crippen LogP contribution in [-0.4, -0.2) is 63.5 Å². The molecular weight excluding hydrogens is 550 g/mol. The Morgan fingerprint density at radius 1 is 0.861 bits per heavy atom. The summed E-state index contributed by atoms with van der Waals surface area (Å²) in [5.41, 5.74) is -1.73. The number of benzene rings is 1. The highest BCUT2D eigenvalue weighted by atomic mass is 79.9. The highest BCUT2D eigenvalue weighted by Crippen LogP contribution is 2.37. The predicted molar refractivity (Wildman–Crippen MR) is 126 cm³/mol. The van der Waals surface area contributed by atoms with Crippen LogP contribution in [0.25, 0.3) is 0 Å². The lowest BCUT2D eigenvalue weighted by Crippen LogP contribution is -2.40. The van der Waals surface area contributed by atoms with Crippen molar-refractivity contribution in [1.82, 2.24) is 0 Å². The minimum Gasteiger partial charge on any atom is -0.468 e. The molecule has 0 unspecified atom stereocenters. The fourth-order valence-electron chi connectivity index (χ4n) is 2.81. The van der Waals surface area contributed by atoms with Crippen LogP contribution in [0.2, 0.25) is 0 Å². The topological polar surface area (TPSA) is 114 Å². The van der Waals surface area contributed by atoms with Crippen LogP contribution in [0.3, 0.4) is 0 Å². The minimum absolute atomic E-state index is 0.198. The zero-order chi connectivity index (χ0) is 27.6. The van der Waals surface area contributed by atoms with Crippen LogP contribution in [-0.2, 0) is 38.1 Å². The molecule has 0 aliphatic heterocycles. The molecule has 0 spiro atoms. The van der Waals surface area contributed by atoms with Crippen LogP contribution >= 0.6 is 15.9 Å². The van der Waals surface area contributed by atoms with Gasteiger partial charge in [-0.2, -0.15) is 8.78 Å². The summed E-state index contributed by atoms with van der Waals surface area (Å²) in [4.78, 5) is 47.0. The molecule has 0 saturated carbocycles. The number of alkyl halides is 3. The van der Waals surface area contributed by atoms with Crippen molar-refractivity contribution in [2.75, 3.05) is 33.5 Å². The van der Waals surface area contributed by atoms with Crippen molar-refractivity contribution in [3.63, 3.8) is 0 Å². The maximum absolute atomic E-state index is 14.2. The lowest BCUT2D eigenvalue weighted by Gasteiger charge is -2.27. The average molecular weight is 581 g/mol. The fourth-order valence-corrected chi connectivity index (χ4v) is 3.93. The maximum Gasteiger partial charge on any atom is 0.508 e. The third-order valence-corrected chi connectivity index (χ3v) is 5.85. The molecule has 12 heteroatoms. The SMILES string of the molecule is COC(=O)[C@](C)(COC(C)=O)COC(=O)OCC(F)(F)COC(=O)C(C)(C)C[C@H](Br)c1ccccc1. The van der Waals surface area contributed by atoms with E-state index in [2.05, 4.69) is 25.4 Å². The first-order valence-electron chi connectivity index (χ1n) is 10.9. The number of carbonyl (C=O) groups is 4. The molecule has 0 radical (unpaired) electrons. The fraction of sp³-hybridized carbons (Fsp3) is 0.583. The summed E-state index contributed by atoms with van der Waals surface area (Å²) in [7, 11) is 1.08.